The van der Waals surface area contributed by atoms with E-state index >= 15 is 0 Å². The molecule has 0 saturated heterocycles. The summed E-state index contributed by atoms with van der Waals surface area (Å²) in [5.74, 6) is 0.136. The van der Waals surface area contributed by atoms with Crippen LogP contribution >= 0.6 is 0 Å². The summed E-state index contributed by atoms with van der Waals surface area (Å²) in [6.07, 6.45) is 0.727. The summed E-state index contributed by atoms with van der Waals surface area (Å²) in [6, 6.07) is -0.236. The van der Waals surface area contributed by atoms with E-state index < -0.39 is 5.97 Å². The van der Waals surface area contributed by atoms with Crippen molar-refractivity contribution >= 4 is 5.97 Å². The molecule has 1 atom stereocenters. The maximum absolute atomic E-state index is 11.2. The number of aromatic nitrogens is 3. The van der Waals surface area contributed by atoms with Gasteiger partial charge in [-0.05, 0) is 6.42 Å². The Kier molecular flexibility index (Phi) is 3.19. The van der Waals surface area contributed by atoms with E-state index in [1.54, 1.807) is 7.05 Å². The van der Waals surface area contributed by atoms with Gasteiger partial charge < -0.3 is 10.5 Å². The standard InChI is InChI=1S/C8H14N4O2/c1-4-5(9)6-10-7(8(13)14-3)12(2)11-6/h5H,4,9H2,1-3H3/t5-/m0/s1. The van der Waals surface area contributed by atoms with Crippen LogP contribution in [0, 0.1) is 0 Å². The van der Waals surface area contributed by atoms with Gasteiger partial charge in [0.05, 0.1) is 13.2 Å². The number of aryl methyl sites for hydroxylation is 1. The second-order valence-corrected chi connectivity index (χ2v) is 2.92. The molecule has 78 valence electrons. The fourth-order valence-corrected chi connectivity index (χ4v) is 1.01. The zero-order valence-electron chi connectivity index (χ0n) is 8.52. The van der Waals surface area contributed by atoms with Crippen LogP contribution in [0.15, 0.2) is 0 Å². The largest absolute Gasteiger partial charge is 0.463 e. The van der Waals surface area contributed by atoms with E-state index in [1.807, 2.05) is 6.92 Å². The maximum atomic E-state index is 11.2. The van der Waals surface area contributed by atoms with Gasteiger partial charge >= 0.3 is 5.97 Å². The van der Waals surface area contributed by atoms with Gasteiger partial charge in [0.2, 0.25) is 5.82 Å². The number of nitrogens with two attached hydrogens (primary N) is 1. The number of nitrogens with zero attached hydrogens (tertiary/aromatic N) is 3. The molecule has 6 nitrogen and oxygen atoms in total. The Morgan fingerprint density at radius 1 is 1.71 bits per heavy atom. The van der Waals surface area contributed by atoms with E-state index in [4.69, 9.17) is 5.73 Å². The van der Waals surface area contributed by atoms with Gasteiger partial charge in [0.15, 0.2) is 5.82 Å². The molecular weight excluding hydrogens is 184 g/mol. The van der Waals surface area contributed by atoms with Crippen molar-refractivity contribution < 1.29 is 9.53 Å². The smallest absolute Gasteiger partial charge is 0.375 e. The van der Waals surface area contributed by atoms with Gasteiger partial charge in [-0.2, -0.15) is 5.10 Å². The highest BCUT2D eigenvalue weighted by molar-refractivity contribution is 5.85. The second-order valence-electron chi connectivity index (χ2n) is 2.92. The Bertz CT molecular complexity index is 334. The predicted octanol–water partition coefficient (Wildman–Crippen LogP) is 0.0115. The van der Waals surface area contributed by atoms with Crippen molar-refractivity contribution in [2.75, 3.05) is 7.11 Å². The predicted molar refractivity (Wildman–Crippen MR) is 49.6 cm³/mol. The first-order chi connectivity index (χ1) is 6.60. The SMILES string of the molecule is CC[C@H](N)c1nc(C(=O)OC)n(C)n1. The summed E-state index contributed by atoms with van der Waals surface area (Å²) in [7, 11) is 2.93. The number of hydrogen-bond acceptors (Lipinski definition) is 5. The summed E-state index contributed by atoms with van der Waals surface area (Å²) in [4.78, 5) is 15.2. The van der Waals surface area contributed by atoms with E-state index in [-0.39, 0.29) is 11.9 Å². The molecule has 1 heterocycles. The lowest BCUT2D eigenvalue weighted by Gasteiger charge is -2.00. The van der Waals surface area contributed by atoms with Crippen molar-refractivity contribution in [3.63, 3.8) is 0 Å². The van der Waals surface area contributed by atoms with Crippen molar-refractivity contribution in [1.82, 2.24) is 14.8 Å². The topological polar surface area (TPSA) is 83.0 Å². The van der Waals surface area contributed by atoms with Crippen molar-refractivity contribution in [3.05, 3.63) is 11.6 Å². The number of ether oxygens (including phenoxy) is 1. The molecule has 0 bridgehead atoms. The Labute approximate surface area is 82.1 Å². The Morgan fingerprint density at radius 2 is 2.36 bits per heavy atom. The van der Waals surface area contributed by atoms with Gasteiger partial charge in [-0.3, -0.25) is 0 Å². The van der Waals surface area contributed by atoms with E-state index in [9.17, 15) is 4.79 Å². The highest BCUT2D eigenvalue weighted by Crippen LogP contribution is 2.09. The molecule has 6 heteroatoms. The van der Waals surface area contributed by atoms with Gasteiger partial charge in [-0.1, -0.05) is 6.92 Å². The average Bonchev–Trinajstić information content (AvgIpc) is 2.58. The highest BCUT2D eigenvalue weighted by Gasteiger charge is 2.18. The van der Waals surface area contributed by atoms with Crippen LogP contribution in [-0.2, 0) is 11.8 Å². The lowest BCUT2D eigenvalue weighted by atomic mass is 10.2. The molecule has 0 spiro atoms. The van der Waals surface area contributed by atoms with Crippen LogP contribution in [0.2, 0.25) is 0 Å². The lowest BCUT2D eigenvalue weighted by molar-refractivity contribution is 0.0581. The average molecular weight is 198 g/mol. The molecule has 14 heavy (non-hydrogen) atoms. The Hall–Kier alpha value is -1.43. The lowest BCUT2D eigenvalue weighted by Crippen LogP contribution is -2.11. The Balaban J connectivity index is 2.98. The summed E-state index contributed by atoms with van der Waals surface area (Å²) < 4.78 is 5.91. The van der Waals surface area contributed by atoms with Crippen molar-refractivity contribution in [1.29, 1.82) is 0 Å². The van der Waals surface area contributed by atoms with E-state index in [0.717, 1.165) is 6.42 Å². The molecule has 0 aromatic carbocycles. The number of hydrogen-bond donors (Lipinski definition) is 1. The summed E-state index contributed by atoms with van der Waals surface area (Å²) >= 11 is 0. The molecule has 0 amide bonds. The molecule has 0 aliphatic carbocycles. The van der Waals surface area contributed by atoms with Crippen LogP contribution in [0.1, 0.15) is 35.8 Å². The maximum Gasteiger partial charge on any atom is 0.375 e. The zero-order chi connectivity index (χ0) is 10.7. The second kappa shape index (κ2) is 4.19. The molecule has 1 aromatic heterocycles. The molecule has 0 radical (unpaired) electrons. The van der Waals surface area contributed by atoms with Crippen molar-refractivity contribution in [2.24, 2.45) is 12.8 Å². The monoisotopic (exact) mass is 198 g/mol. The number of methoxy groups -OCH3 is 1. The normalized spacial score (nSPS) is 12.6. The first-order valence-electron chi connectivity index (χ1n) is 4.35. The molecule has 0 fully saturated rings. The van der Waals surface area contributed by atoms with Gasteiger partial charge in [0.1, 0.15) is 0 Å². The van der Waals surface area contributed by atoms with Crippen LogP contribution in [0.5, 0.6) is 0 Å². The molecule has 2 N–H and O–H groups in total. The third-order valence-corrected chi connectivity index (χ3v) is 1.92. The van der Waals surface area contributed by atoms with Gasteiger partial charge in [-0.15, -0.1) is 0 Å². The third-order valence-electron chi connectivity index (χ3n) is 1.92. The number of carbonyl (C=O) groups is 1. The minimum Gasteiger partial charge on any atom is -0.463 e. The van der Waals surface area contributed by atoms with E-state index in [1.165, 1.54) is 11.8 Å². The van der Waals surface area contributed by atoms with Crippen LogP contribution in [0.4, 0.5) is 0 Å². The molecule has 0 aliphatic heterocycles. The van der Waals surface area contributed by atoms with Crippen LogP contribution < -0.4 is 5.73 Å². The summed E-state index contributed by atoms with van der Waals surface area (Å²) in [5, 5.41) is 4.03. The van der Waals surface area contributed by atoms with Crippen LogP contribution in [0.3, 0.4) is 0 Å². The molecule has 0 unspecified atom stereocenters. The molecule has 1 aromatic rings. The zero-order valence-corrected chi connectivity index (χ0v) is 8.52. The third kappa shape index (κ3) is 1.90. The first-order valence-corrected chi connectivity index (χ1v) is 4.35. The van der Waals surface area contributed by atoms with Crippen LogP contribution in [0.25, 0.3) is 0 Å². The highest BCUT2D eigenvalue weighted by atomic mass is 16.5. The fourth-order valence-electron chi connectivity index (χ4n) is 1.01. The molecule has 1 rings (SSSR count). The van der Waals surface area contributed by atoms with Crippen molar-refractivity contribution in [2.45, 2.75) is 19.4 Å². The molecule has 0 saturated carbocycles. The molecule has 0 aliphatic rings. The fraction of sp³-hybridized carbons (Fsp3) is 0.625. The Morgan fingerprint density at radius 3 is 2.86 bits per heavy atom. The van der Waals surface area contributed by atoms with Gasteiger partial charge in [-0.25, -0.2) is 14.5 Å². The quantitative estimate of drug-likeness (QED) is 0.692. The summed E-state index contributed by atoms with van der Waals surface area (Å²) in [5.41, 5.74) is 5.73. The first kappa shape index (κ1) is 10.6. The van der Waals surface area contributed by atoms with Crippen LogP contribution in [-0.4, -0.2) is 27.8 Å². The van der Waals surface area contributed by atoms with E-state index in [2.05, 4.69) is 14.8 Å². The number of esters is 1. The number of rotatable bonds is 3. The summed E-state index contributed by atoms with van der Waals surface area (Å²) in [6.45, 7) is 1.93. The van der Waals surface area contributed by atoms with Crippen molar-refractivity contribution in [3.8, 4) is 0 Å². The minimum atomic E-state index is -0.505. The van der Waals surface area contributed by atoms with E-state index in [0.29, 0.717) is 5.82 Å². The minimum absolute atomic E-state index is 0.173. The molecular formula is C8H14N4O2. The van der Waals surface area contributed by atoms with Gasteiger partial charge in [0.25, 0.3) is 0 Å². The number of carbonyl (C=O) groups excluding carboxylic acids is 1. The van der Waals surface area contributed by atoms with Gasteiger partial charge in [0, 0.05) is 7.05 Å².